The van der Waals surface area contributed by atoms with Crippen molar-refractivity contribution in [3.8, 4) is 5.75 Å². The molecule has 0 atom stereocenters. The number of hydrogen-bond acceptors (Lipinski definition) is 4. The van der Waals surface area contributed by atoms with E-state index in [1.165, 1.54) is 6.07 Å². The summed E-state index contributed by atoms with van der Waals surface area (Å²) < 4.78 is 5.70. The summed E-state index contributed by atoms with van der Waals surface area (Å²) in [6, 6.07) is 10.5. The predicted octanol–water partition coefficient (Wildman–Crippen LogP) is 3.28. The molecule has 110 valence electrons. The Labute approximate surface area is 123 Å². The number of aliphatic hydroxyl groups is 1. The van der Waals surface area contributed by atoms with Crippen molar-refractivity contribution >= 4 is 5.69 Å². The van der Waals surface area contributed by atoms with Gasteiger partial charge in [-0.3, -0.25) is 10.1 Å². The van der Waals surface area contributed by atoms with Gasteiger partial charge in [0.15, 0.2) is 0 Å². The van der Waals surface area contributed by atoms with Crippen LogP contribution in [-0.2, 0) is 13.2 Å². The van der Waals surface area contributed by atoms with E-state index in [0.29, 0.717) is 16.9 Å². The highest BCUT2D eigenvalue weighted by atomic mass is 16.6. The van der Waals surface area contributed by atoms with E-state index >= 15 is 0 Å². The lowest BCUT2D eigenvalue weighted by atomic mass is 10.1. The maximum atomic E-state index is 10.9. The number of nitro benzene ring substituents is 1. The second-order valence-corrected chi connectivity index (χ2v) is 4.88. The van der Waals surface area contributed by atoms with E-state index in [1.54, 1.807) is 25.1 Å². The molecule has 2 rings (SSSR count). The van der Waals surface area contributed by atoms with Gasteiger partial charge in [0.1, 0.15) is 12.4 Å². The summed E-state index contributed by atoms with van der Waals surface area (Å²) >= 11 is 0. The van der Waals surface area contributed by atoms with Gasteiger partial charge in [-0.25, -0.2) is 0 Å². The van der Waals surface area contributed by atoms with Gasteiger partial charge in [0.2, 0.25) is 0 Å². The highest BCUT2D eigenvalue weighted by Gasteiger charge is 2.13. The van der Waals surface area contributed by atoms with Gasteiger partial charge in [-0.15, -0.1) is 0 Å². The van der Waals surface area contributed by atoms with Gasteiger partial charge in [-0.05, 0) is 25.5 Å². The first-order valence-corrected chi connectivity index (χ1v) is 6.59. The van der Waals surface area contributed by atoms with Crippen LogP contribution < -0.4 is 4.74 Å². The zero-order valence-electron chi connectivity index (χ0n) is 12.0. The number of rotatable bonds is 5. The molecular formula is C16H17NO4. The van der Waals surface area contributed by atoms with E-state index in [9.17, 15) is 15.2 Å². The molecule has 0 saturated carbocycles. The summed E-state index contributed by atoms with van der Waals surface area (Å²) in [5, 5.41) is 20.3. The Bertz CT molecular complexity index is 667. The molecule has 0 fully saturated rings. The lowest BCUT2D eigenvalue weighted by Crippen LogP contribution is -2.02. The van der Waals surface area contributed by atoms with Gasteiger partial charge in [0.05, 0.1) is 11.5 Å². The van der Waals surface area contributed by atoms with E-state index in [2.05, 4.69) is 0 Å². The average molecular weight is 287 g/mol. The number of benzene rings is 2. The Balaban J connectivity index is 2.21. The molecule has 0 unspecified atom stereocenters. The summed E-state index contributed by atoms with van der Waals surface area (Å²) in [6.07, 6.45) is 0. The second kappa shape index (κ2) is 6.37. The molecule has 0 aliphatic heterocycles. The minimum Gasteiger partial charge on any atom is -0.489 e. The Hall–Kier alpha value is -2.40. The van der Waals surface area contributed by atoms with Crippen molar-refractivity contribution in [3.63, 3.8) is 0 Å². The molecule has 0 amide bonds. The van der Waals surface area contributed by atoms with Crippen LogP contribution in [0.15, 0.2) is 36.4 Å². The highest BCUT2D eigenvalue weighted by molar-refractivity contribution is 5.44. The Morgan fingerprint density at radius 1 is 1.19 bits per heavy atom. The third-order valence-corrected chi connectivity index (χ3v) is 3.38. The molecule has 5 nitrogen and oxygen atoms in total. The fraction of sp³-hybridized carbons (Fsp3) is 0.250. The summed E-state index contributed by atoms with van der Waals surface area (Å²) in [5.74, 6) is 0.592. The topological polar surface area (TPSA) is 72.6 Å². The molecule has 1 N–H and O–H groups in total. The van der Waals surface area contributed by atoms with Crippen LogP contribution in [0.3, 0.4) is 0 Å². The second-order valence-electron chi connectivity index (χ2n) is 4.88. The molecular weight excluding hydrogens is 270 g/mol. The van der Waals surface area contributed by atoms with Crippen LogP contribution in [0.5, 0.6) is 5.75 Å². The van der Waals surface area contributed by atoms with Crippen molar-refractivity contribution in [3.05, 3.63) is 68.8 Å². The quantitative estimate of drug-likeness (QED) is 0.676. The monoisotopic (exact) mass is 287 g/mol. The summed E-state index contributed by atoms with van der Waals surface area (Å²) in [6.45, 7) is 3.76. The van der Waals surface area contributed by atoms with Crippen molar-refractivity contribution in [1.82, 2.24) is 0 Å². The van der Waals surface area contributed by atoms with Gasteiger partial charge in [0.25, 0.3) is 5.69 Å². The van der Waals surface area contributed by atoms with E-state index in [1.807, 2.05) is 19.1 Å². The van der Waals surface area contributed by atoms with Gasteiger partial charge in [-0.2, -0.15) is 0 Å². The summed E-state index contributed by atoms with van der Waals surface area (Å²) in [4.78, 5) is 10.5. The maximum Gasteiger partial charge on any atom is 0.272 e. The van der Waals surface area contributed by atoms with Crippen molar-refractivity contribution in [2.24, 2.45) is 0 Å². The SMILES string of the molecule is Cc1ccc(OCc2cccc([N+](=O)[O-])c2C)c(CO)c1. The van der Waals surface area contributed by atoms with Crippen LogP contribution >= 0.6 is 0 Å². The fourth-order valence-corrected chi connectivity index (χ4v) is 2.15. The Kier molecular flexibility index (Phi) is 4.55. The molecule has 2 aromatic rings. The van der Waals surface area contributed by atoms with Crippen LogP contribution in [0, 0.1) is 24.0 Å². The molecule has 0 spiro atoms. The van der Waals surface area contributed by atoms with E-state index in [4.69, 9.17) is 4.74 Å². The van der Waals surface area contributed by atoms with Gasteiger partial charge >= 0.3 is 0 Å². The van der Waals surface area contributed by atoms with Gasteiger partial charge in [0, 0.05) is 17.2 Å². The van der Waals surface area contributed by atoms with Crippen molar-refractivity contribution in [1.29, 1.82) is 0 Å². The van der Waals surface area contributed by atoms with Crippen LogP contribution in [0.2, 0.25) is 0 Å². The van der Waals surface area contributed by atoms with Crippen LogP contribution in [0.4, 0.5) is 5.69 Å². The van der Waals surface area contributed by atoms with Crippen LogP contribution in [-0.4, -0.2) is 10.0 Å². The lowest BCUT2D eigenvalue weighted by Gasteiger charge is -2.12. The highest BCUT2D eigenvalue weighted by Crippen LogP contribution is 2.25. The normalized spacial score (nSPS) is 10.4. The lowest BCUT2D eigenvalue weighted by molar-refractivity contribution is -0.385. The third-order valence-electron chi connectivity index (χ3n) is 3.38. The average Bonchev–Trinajstić information content (AvgIpc) is 2.46. The number of aryl methyl sites for hydroxylation is 1. The predicted molar refractivity (Wildman–Crippen MR) is 79.3 cm³/mol. The molecule has 21 heavy (non-hydrogen) atoms. The molecule has 0 saturated heterocycles. The van der Waals surface area contributed by atoms with Gasteiger partial charge in [-0.1, -0.05) is 29.8 Å². The maximum absolute atomic E-state index is 10.9. The minimum atomic E-state index is -0.399. The van der Waals surface area contributed by atoms with Gasteiger partial charge < -0.3 is 9.84 Å². The van der Waals surface area contributed by atoms with Crippen LogP contribution in [0.25, 0.3) is 0 Å². The molecule has 0 heterocycles. The first kappa shape index (κ1) is 15.0. The van der Waals surface area contributed by atoms with Crippen molar-refractivity contribution < 1.29 is 14.8 Å². The zero-order valence-corrected chi connectivity index (χ0v) is 12.0. The molecule has 5 heteroatoms. The largest absolute Gasteiger partial charge is 0.489 e. The number of nitrogens with zero attached hydrogens (tertiary/aromatic N) is 1. The van der Waals surface area contributed by atoms with E-state index in [-0.39, 0.29) is 18.9 Å². The molecule has 0 bridgehead atoms. The fourth-order valence-electron chi connectivity index (χ4n) is 2.15. The number of ether oxygens (including phenoxy) is 1. The first-order valence-electron chi connectivity index (χ1n) is 6.59. The standard InChI is InChI=1S/C16H17NO4/c1-11-6-7-16(14(8-11)9-18)21-10-13-4-3-5-15(12(13)2)17(19)20/h3-8,18H,9-10H2,1-2H3. The Morgan fingerprint density at radius 3 is 2.62 bits per heavy atom. The zero-order chi connectivity index (χ0) is 15.4. The van der Waals surface area contributed by atoms with Crippen molar-refractivity contribution in [2.45, 2.75) is 27.1 Å². The number of hydrogen-bond donors (Lipinski definition) is 1. The summed E-state index contributed by atoms with van der Waals surface area (Å²) in [5.41, 5.74) is 3.19. The van der Waals surface area contributed by atoms with E-state index in [0.717, 1.165) is 11.1 Å². The first-order chi connectivity index (χ1) is 10.0. The molecule has 0 aliphatic carbocycles. The van der Waals surface area contributed by atoms with Crippen LogP contribution in [0.1, 0.15) is 22.3 Å². The minimum absolute atomic E-state index is 0.0855. The molecule has 0 radical (unpaired) electrons. The molecule has 0 aromatic heterocycles. The van der Waals surface area contributed by atoms with E-state index < -0.39 is 4.92 Å². The third kappa shape index (κ3) is 3.38. The Morgan fingerprint density at radius 2 is 1.95 bits per heavy atom. The molecule has 0 aliphatic rings. The molecule has 2 aromatic carbocycles. The summed E-state index contributed by atoms with van der Waals surface area (Å²) in [7, 11) is 0. The van der Waals surface area contributed by atoms with Crippen molar-refractivity contribution in [2.75, 3.05) is 0 Å². The smallest absolute Gasteiger partial charge is 0.272 e. The number of nitro groups is 1. The number of aliphatic hydroxyl groups excluding tert-OH is 1.